The molecule has 1 aromatic carbocycles. The van der Waals surface area contributed by atoms with Crippen LogP contribution in [0.5, 0.6) is 0 Å². The summed E-state index contributed by atoms with van der Waals surface area (Å²) in [7, 11) is 0. The van der Waals surface area contributed by atoms with Crippen molar-refractivity contribution in [3.8, 4) is 0 Å². The monoisotopic (exact) mass is 442 g/mol. The molecule has 4 aliphatic rings. The van der Waals surface area contributed by atoms with Crippen LogP contribution in [-0.2, 0) is 9.53 Å². The molecule has 0 N–H and O–H groups in total. The molecule has 0 unspecified atom stereocenters. The molecule has 2 aliphatic heterocycles. The SMILES string of the molecule is Cc1ccc(Cl)cc1N1CCN(C[C@H]2C(=O)O[C@H]3C[C@@]4(C)CCC[C@@H](C)C4=C[C@@H]32)CC1. The second-order valence-electron chi connectivity index (χ2n) is 10.6. The van der Waals surface area contributed by atoms with Gasteiger partial charge in [-0.25, -0.2) is 0 Å². The fourth-order valence-corrected chi connectivity index (χ4v) is 6.80. The molecule has 5 atom stereocenters. The largest absolute Gasteiger partial charge is 0.461 e. The van der Waals surface area contributed by atoms with Crippen LogP contribution in [0.4, 0.5) is 5.69 Å². The Morgan fingerprint density at radius 3 is 2.77 bits per heavy atom. The smallest absolute Gasteiger partial charge is 0.311 e. The van der Waals surface area contributed by atoms with Crippen LogP contribution in [0.2, 0.25) is 5.02 Å². The second kappa shape index (κ2) is 8.12. The molecule has 31 heavy (non-hydrogen) atoms. The number of halogens is 1. The van der Waals surface area contributed by atoms with Crippen molar-refractivity contribution in [3.05, 3.63) is 40.4 Å². The first-order valence-electron chi connectivity index (χ1n) is 12.0. The van der Waals surface area contributed by atoms with E-state index >= 15 is 0 Å². The summed E-state index contributed by atoms with van der Waals surface area (Å²) in [6, 6.07) is 6.12. The van der Waals surface area contributed by atoms with Gasteiger partial charge in [0, 0.05) is 49.4 Å². The molecule has 0 radical (unpaired) electrons. The third-order valence-electron chi connectivity index (χ3n) is 8.42. The van der Waals surface area contributed by atoms with E-state index < -0.39 is 0 Å². The molecule has 168 valence electrons. The topological polar surface area (TPSA) is 32.8 Å². The molecule has 5 rings (SSSR count). The Balaban J connectivity index is 1.27. The van der Waals surface area contributed by atoms with Crippen LogP contribution in [0, 0.1) is 30.1 Å². The minimum atomic E-state index is -0.0179. The summed E-state index contributed by atoms with van der Waals surface area (Å²) in [6.45, 7) is 11.6. The van der Waals surface area contributed by atoms with Crippen molar-refractivity contribution in [2.24, 2.45) is 23.2 Å². The van der Waals surface area contributed by atoms with Crippen LogP contribution in [0.25, 0.3) is 0 Å². The number of fused-ring (bicyclic) bond motifs is 2. The molecular weight excluding hydrogens is 408 g/mol. The zero-order valence-electron chi connectivity index (χ0n) is 19.1. The number of anilines is 1. The van der Waals surface area contributed by atoms with E-state index in [1.165, 1.54) is 30.5 Å². The van der Waals surface area contributed by atoms with E-state index in [0.29, 0.717) is 5.92 Å². The maximum atomic E-state index is 12.9. The van der Waals surface area contributed by atoms with E-state index in [1.807, 2.05) is 6.07 Å². The summed E-state index contributed by atoms with van der Waals surface area (Å²) < 4.78 is 5.95. The zero-order valence-corrected chi connectivity index (χ0v) is 19.8. The highest BCUT2D eigenvalue weighted by Gasteiger charge is 2.52. The third-order valence-corrected chi connectivity index (χ3v) is 8.66. The fraction of sp³-hybridized carbons (Fsp3) is 0.654. The minimum absolute atomic E-state index is 0.0179. The van der Waals surface area contributed by atoms with Gasteiger partial charge in [0.15, 0.2) is 0 Å². The Labute approximate surface area is 191 Å². The molecule has 2 saturated heterocycles. The Morgan fingerprint density at radius 2 is 2.00 bits per heavy atom. The molecule has 0 aromatic heterocycles. The third kappa shape index (κ3) is 3.91. The second-order valence-corrected chi connectivity index (χ2v) is 11.0. The molecule has 2 aliphatic carbocycles. The van der Waals surface area contributed by atoms with Crippen molar-refractivity contribution >= 4 is 23.3 Å². The van der Waals surface area contributed by atoms with Crippen molar-refractivity contribution in [1.29, 1.82) is 0 Å². The average Bonchev–Trinajstić information content (AvgIpc) is 3.02. The van der Waals surface area contributed by atoms with Gasteiger partial charge in [-0.3, -0.25) is 9.69 Å². The van der Waals surface area contributed by atoms with Crippen LogP contribution < -0.4 is 4.90 Å². The summed E-state index contributed by atoms with van der Waals surface area (Å²) >= 11 is 6.23. The standard InChI is InChI=1S/C26H35ClN2O2/c1-17-5-4-8-26(3)15-24-20(14-22(17)26)21(25(30)31-24)16-28-9-11-29(12-10-28)23-13-19(27)7-6-18(23)2/h6-7,13-14,17,20-21,24H,4-5,8-12,15-16H2,1-3H3/t17-,20-,21-,24+,26-/m1/s1. The van der Waals surface area contributed by atoms with Gasteiger partial charge in [0.2, 0.25) is 0 Å². The van der Waals surface area contributed by atoms with Crippen LogP contribution >= 0.6 is 11.6 Å². The van der Waals surface area contributed by atoms with Crippen LogP contribution in [0.1, 0.15) is 45.1 Å². The van der Waals surface area contributed by atoms with E-state index in [4.69, 9.17) is 16.3 Å². The number of benzene rings is 1. The summed E-state index contributed by atoms with van der Waals surface area (Å²) in [6.07, 6.45) is 7.37. The Morgan fingerprint density at radius 1 is 1.23 bits per heavy atom. The number of ether oxygens (including phenoxy) is 1. The number of aryl methyl sites for hydroxylation is 1. The molecule has 1 saturated carbocycles. The van der Waals surface area contributed by atoms with Gasteiger partial charge in [-0.1, -0.05) is 49.6 Å². The molecule has 3 fully saturated rings. The molecule has 2 heterocycles. The fourth-order valence-electron chi connectivity index (χ4n) is 6.63. The number of esters is 1. The first-order chi connectivity index (χ1) is 14.8. The number of carbonyl (C=O) groups excluding carboxylic acids is 1. The van der Waals surface area contributed by atoms with Crippen molar-refractivity contribution in [2.75, 3.05) is 37.6 Å². The Hall–Kier alpha value is -1.52. The quantitative estimate of drug-likeness (QED) is 0.482. The number of allylic oxidation sites excluding steroid dienone is 1. The van der Waals surface area contributed by atoms with Crippen LogP contribution in [0.3, 0.4) is 0 Å². The summed E-state index contributed by atoms with van der Waals surface area (Å²) in [4.78, 5) is 17.8. The number of rotatable bonds is 3. The number of piperazine rings is 1. The maximum absolute atomic E-state index is 12.9. The molecule has 4 nitrogen and oxygen atoms in total. The first-order valence-corrected chi connectivity index (χ1v) is 12.4. The lowest BCUT2D eigenvalue weighted by atomic mass is 9.59. The van der Waals surface area contributed by atoms with Gasteiger partial charge in [0.05, 0.1) is 5.92 Å². The summed E-state index contributed by atoms with van der Waals surface area (Å²) in [5.41, 5.74) is 4.33. The predicted molar refractivity (Wildman–Crippen MR) is 126 cm³/mol. The van der Waals surface area contributed by atoms with Gasteiger partial charge in [0.1, 0.15) is 6.10 Å². The molecule has 0 amide bonds. The molecule has 5 heteroatoms. The lowest BCUT2D eigenvalue weighted by Gasteiger charge is -2.46. The normalized spacial score (nSPS) is 35.9. The predicted octanol–water partition coefficient (Wildman–Crippen LogP) is 5.08. The highest BCUT2D eigenvalue weighted by molar-refractivity contribution is 6.30. The van der Waals surface area contributed by atoms with Crippen molar-refractivity contribution in [2.45, 2.75) is 52.6 Å². The lowest BCUT2D eigenvalue weighted by molar-refractivity contribution is -0.145. The van der Waals surface area contributed by atoms with Crippen LogP contribution in [-0.4, -0.2) is 49.7 Å². The van der Waals surface area contributed by atoms with Crippen molar-refractivity contribution in [1.82, 2.24) is 4.90 Å². The number of nitrogens with zero attached hydrogens (tertiary/aromatic N) is 2. The Kier molecular flexibility index (Phi) is 5.58. The summed E-state index contributed by atoms with van der Waals surface area (Å²) in [5, 5.41) is 0.789. The zero-order chi connectivity index (χ0) is 21.8. The van der Waals surface area contributed by atoms with E-state index in [0.717, 1.165) is 44.2 Å². The minimum Gasteiger partial charge on any atom is -0.461 e. The van der Waals surface area contributed by atoms with Gasteiger partial charge in [-0.2, -0.15) is 0 Å². The molecular formula is C26H35ClN2O2. The average molecular weight is 443 g/mol. The highest BCUT2D eigenvalue weighted by Crippen LogP contribution is 2.54. The lowest BCUT2D eigenvalue weighted by Crippen LogP contribution is -2.49. The summed E-state index contributed by atoms with van der Waals surface area (Å²) in [5.74, 6) is 0.898. The molecule has 1 aromatic rings. The number of hydrogen-bond acceptors (Lipinski definition) is 4. The maximum Gasteiger partial charge on any atom is 0.311 e. The highest BCUT2D eigenvalue weighted by atomic mass is 35.5. The van der Waals surface area contributed by atoms with E-state index in [-0.39, 0.29) is 29.3 Å². The van der Waals surface area contributed by atoms with Crippen LogP contribution in [0.15, 0.2) is 29.8 Å². The van der Waals surface area contributed by atoms with Gasteiger partial charge in [0.25, 0.3) is 0 Å². The van der Waals surface area contributed by atoms with Crippen molar-refractivity contribution in [3.63, 3.8) is 0 Å². The van der Waals surface area contributed by atoms with E-state index in [2.05, 4.69) is 48.8 Å². The van der Waals surface area contributed by atoms with Crippen molar-refractivity contribution < 1.29 is 9.53 Å². The van der Waals surface area contributed by atoms with E-state index in [9.17, 15) is 4.79 Å². The van der Waals surface area contributed by atoms with Gasteiger partial charge in [-0.15, -0.1) is 0 Å². The van der Waals surface area contributed by atoms with E-state index in [1.54, 1.807) is 5.57 Å². The molecule has 0 spiro atoms. The first kappa shape index (κ1) is 21.3. The number of hydrogen-bond donors (Lipinski definition) is 0. The van der Waals surface area contributed by atoms with Gasteiger partial charge < -0.3 is 9.64 Å². The van der Waals surface area contributed by atoms with Gasteiger partial charge in [-0.05, 0) is 55.2 Å². The Bertz CT molecular complexity index is 891. The number of carbonyl (C=O) groups is 1. The van der Waals surface area contributed by atoms with Gasteiger partial charge >= 0.3 is 5.97 Å². The molecule has 0 bridgehead atoms.